The Hall–Kier alpha value is -2.03. The molecule has 0 unspecified atom stereocenters. The Labute approximate surface area is 152 Å². The predicted molar refractivity (Wildman–Crippen MR) is 102 cm³/mol. The molecular weight excluding hydrogens is 362 g/mol. The molecule has 1 aromatic carbocycles. The van der Waals surface area contributed by atoms with Gasteiger partial charge in [0.05, 0.1) is 4.91 Å². The number of carbonyl (C=O) groups excluding carboxylic acids is 2. The fourth-order valence-electron chi connectivity index (χ4n) is 2.04. The third kappa shape index (κ3) is 3.89. The second-order valence-corrected chi connectivity index (χ2v) is 7.63. The molecule has 3 rings (SSSR count). The van der Waals surface area contributed by atoms with Crippen LogP contribution in [0.2, 0.25) is 0 Å². The van der Waals surface area contributed by atoms with Gasteiger partial charge < -0.3 is 5.32 Å². The van der Waals surface area contributed by atoms with Gasteiger partial charge >= 0.3 is 0 Å². The number of amides is 2. The summed E-state index contributed by atoms with van der Waals surface area (Å²) >= 11 is 7.76. The van der Waals surface area contributed by atoms with Crippen LogP contribution in [0.1, 0.15) is 11.1 Å². The highest BCUT2D eigenvalue weighted by Crippen LogP contribution is 2.32. The quantitative estimate of drug-likeness (QED) is 0.656. The van der Waals surface area contributed by atoms with E-state index in [1.54, 1.807) is 17.7 Å². The van der Waals surface area contributed by atoms with E-state index in [0.29, 0.717) is 14.4 Å². The van der Waals surface area contributed by atoms with Crippen molar-refractivity contribution in [2.45, 2.75) is 6.92 Å². The maximum absolute atomic E-state index is 12.5. The minimum atomic E-state index is -0.321. The molecule has 2 aromatic rings. The number of thiazole rings is 1. The number of hydrogen-bond acceptors (Lipinski definition) is 6. The molecule has 1 N–H and O–H groups in total. The van der Waals surface area contributed by atoms with Crippen molar-refractivity contribution in [3.8, 4) is 0 Å². The average Bonchev–Trinajstić information content (AvgIpc) is 3.14. The van der Waals surface area contributed by atoms with E-state index in [1.807, 2.05) is 31.2 Å². The van der Waals surface area contributed by atoms with Crippen molar-refractivity contribution in [3.63, 3.8) is 0 Å². The molecule has 5 nitrogen and oxygen atoms in total. The number of aromatic nitrogens is 1. The highest BCUT2D eigenvalue weighted by molar-refractivity contribution is 8.26. The molecule has 122 valence electrons. The smallest absolute Gasteiger partial charge is 0.266 e. The summed E-state index contributed by atoms with van der Waals surface area (Å²) in [4.78, 5) is 30.3. The van der Waals surface area contributed by atoms with E-state index in [1.165, 1.54) is 28.0 Å². The second-order valence-electron chi connectivity index (χ2n) is 5.06. The summed E-state index contributed by atoms with van der Waals surface area (Å²) in [7, 11) is 0. The van der Waals surface area contributed by atoms with Gasteiger partial charge in [0.25, 0.3) is 5.91 Å². The van der Waals surface area contributed by atoms with Crippen LogP contribution in [0.4, 0.5) is 5.13 Å². The van der Waals surface area contributed by atoms with Crippen LogP contribution in [-0.2, 0) is 9.59 Å². The highest BCUT2D eigenvalue weighted by atomic mass is 32.2. The lowest BCUT2D eigenvalue weighted by molar-refractivity contribution is -0.126. The Morgan fingerprint density at radius 3 is 2.79 bits per heavy atom. The van der Waals surface area contributed by atoms with Gasteiger partial charge in [0.15, 0.2) is 5.13 Å². The minimum Gasteiger partial charge on any atom is -0.300 e. The second kappa shape index (κ2) is 7.25. The van der Waals surface area contributed by atoms with Gasteiger partial charge in [-0.3, -0.25) is 14.5 Å². The first-order valence-corrected chi connectivity index (χ1v) is 9.15. The molecular formula is C16H13N3O2S3. The molecule has 0 bridgehead atoms. The number of carbonyl (C=O) groups is 2. The standard InChI is InChI=1S/C16H13N3O2S3/c1-10-2-4-11(5-3-10)8-12-14(21)19(16(22)24-12)9-13(20)18-15-17-6-7-23-15/h2-8H,9H2,1H3,(H,17,18,20). The van der Waals surface area contributed by atoms with Crippen molar-refractivity contribution < 1.29 is 9.59 Å². The van der Waals surface area contributed by atoms with E-state index in [0.717, 1.165) is 11.1 Å². The third-order valence-electron chi connectivity index (χ3n) is 3.23. The molecule has 0 spiro atoms. The maximum Gasteiger partial charge on any atom is 0.266 e. The molecule has 0 radical (unpaired) electrons. The lowest BCUT2D eigenvalue weighted by Crippen LogP contribution is -2.36. The number of rotatable bonds is 4. The highest BCUT2D eigenvalue weighted by Gasteiger charge is 2.33. The lowest BCUT2D eigenvalue weighted by Gasteiger charge is -2.13. The van der Waals surface area contributed by atoms with Crippen molar-refractivity contribution in [3.05, 3.63) is 51.9 Å². The number of hydrogen-bond donors (Lipinski definition) is 1. The number of benzene rings is 1. The summed E-state index contributed by atoms with van der Waals surface area (Å²) < 4.78 is 0.382. The Balaban J connectivity index is 1.69. The number of nitrogens with zero attached hydrogens (tertiary/aromatic N) is 2. The van der Waals surface area contributed by atoms with Crippen molar-refractivity contribution in [1.29, 1.82) is 0 Å². The molecule has 8 heteroatoms. The normalized spacial score (nSPS) is 16.0. The summed E-state index contributed by atoms with van der Waals surface area (Å²) in [6.45, 7) is 1.89. The number of thioether (sulfide) groups is 1. The lowest BCUT2D eigenvalue weighted by atomic mass is 10.1. The first-order chi connectivity index (χ1) is 11.5. The number of aryl methyl sites for hydroxylation is 1. The van der Waals surface area contributed by atoms with Crippen molar-refractivity contribution in [1.82, 2.24) is 9.88 Å². The predicted octanol–water partition coefficient (Wildman–Crippen LogP) is 3.29. The van der Waals surface area contributed by atoms with Gasteiger partial charge in [-0.05, 0) is 18.6 Å². The Bertz CT molecular complexity index is 814. The van der Waals surface area contributed by atoms with Gasteiger partial charge in [-0.2, -0.15) is 0 Å². The molecule has 24 heavy (non-hydrogen) atoms. The van der Waals surface area contributed by atoms with Gasteiger partial charge in [-0.1, -0.05) is 53.8 Å². The molecule has 1 aliphatic heterocycles. The molecule has 1 fully saturated rings. The van der Waals surface area contributed by atoms with Crippen LogP contribution in [0, 0.1) is 6.92 Å². The van der Waals surface area contributed by atoms with Crippen molar-refractivity contribution in [2.24, 2.45) is 0 Å². The molecule has 1 aliphatic rings. The fraction of sp³-hybridized carbons (Fsp3) is 0.125. The summed E-state index contributed by atoms with van der Waals surface area (Å²) in [6, 6.07) is 7.84. The Kier molecular flexibility index (Phi) is 5.08. The average molecular weight is 376 g/mol. The van der Waals surface area contributed by atoms with Gasteiger partial charge in [0, 0.05) is 11.6 Å². The topological polar surface area (TPSA) is 62.3 Å². The van der Waals surface area contributed by atoms with Crippen LogP contribution < -0.4 is 5.32 Å². The van der Waals surface area contributed by atoms with Gasteiger partial charge in [-0.15, -0.1) is 11.3 Å². The van der Waals surface area contributed by atoms with Crippen molar-refractivity contribution >= 4 is 62.7 Å². The number of nitrogens with one attached hydrogen (secondary N) is 1. The van der Waals surface area contributed by atoms with E-state index in [9.17, 15) is 9.59 Å². The summed E-state index contributed by atoms with van der Waals surface area (Å²) in [5, 5.41) is 4.91. The van der Waals surface area contributed by atoms with E-state index in [4.69, 9.17) is 12.2 Å². The minimum absolute atomic E-state index is 0.116. The zero-order chi connectivity index (χ0) is 17.1. The van der Waals surface area contributed by atoms with Gasteiger partial charge in [-0.25, -0.2) is 4.98 Å². The fourth-order valence-corrected chi connectivity index (χ4v) is 3.84. The van der Waals surface area contributed by atoms with Crippen LogP contribution in [0.15, 0.2) is 40.7 Å². The third-order valence-corrected chi connectivity index (χ3v) is 5.30. The number of anilines is 1. The summed E-state index contributed by atoms with van der Waals surface area (Å²) in [6.07, 6.45) is 3.39. The van der Waals surface area contributed by atoms with Crippen LogP contribution in [0.5, 0.6) is 0 Å². The molecule has 0 saturated carbocycles. The van der Waals surface area contributed by atoms with Crippen molar-refractivity contribution in [2.75, 3.05) is 11.9 Å². The van der Waals surface area contributed by atoms with E-state index < -0.39 is 0 Å². The van der Waals surface area contributed by atoms with Gasteiger partial charge in [0.1, 0.15) is 10.9 Å². The summed E-state index contributed by atoms with van der Waals surface area (Å²) in [5.41, 5.74) is 2.08. The van der Waals surface area contributed by atoms with Crippen LogP contribution >= 0.6 is 35.3 Å². The zero-order valence-electron chi connectivity index (χ0n) is 12.7. The Morgan fingerprint density at radius 2 is 2.12 bits per heavy atom. The Morgan fingerprint density at radius 1 is 1.38 bits per heavy atom. The summed E-state index contributed by atoms with van der Waals surface area (Å²) in [5.74, 6) is -0.572. The maximum atomic E-state index is 12.5. The first-order valence-electron chi connectivity index (χ1n) is 7.04. The van der Waals surface area contributed by atoms with E-state index >= 15 is 0 Å². The monoisotopic (exact) mass is 375 g/mol. The molecule has 1 saturated heterocycles. The van der Waals surface area contributed by atoms with E-state index in [-0.39, 0.29) is 18.4 Å². The number of thiocarbonyl (C=S) groups is 1. The van der Waals surface area contributed by atoms with Gasteiger partial charge in [0.2, 0.25) is 5.91 Å². The van der Waals surface area contributed by atoms with Crippen LogP contribution in [0.3, 0.4) is 0 Å². The molecule has 0 atom stereocenters. The molecule has 0 aliphatic carbocycles. The first kappa shape index (κ1) is 16.8. The SMILES string of the molecule is Cc1ccc(C=C2SC(=S)N(CC(=O)Nc3nccs3)C2=O)cc1. The van der Waals surface area contributed by atoms with Crippen LogP contribution in [-0.4, -0.2) is 32.6 Å². The molecule has 2 heterocycles. The molecule has 1 aromatic heterocycles. The van der Waals surface area contributed by atoms with E-state index in [2.05, 4.69) is 10.3 Å². The molecule has 2 amide bonds. The zero-order valence-corrected chi connectivity index (χ0v) is 15.1. The van der Waals surface area contributed by atoms with Crippen LogP contribution in [0.25, 0.3) is 6.08 Å². The largest absolute Gasteiger partial charge is 0.300 e.